The zero-order chi connectivity index (χ0) is 21.7. The number of nitrogens with zero attached hydrogens (tertiary/aromatic N) is 1. The number of carbonyl (C=O) groups is 2. The van der Waals surface area contributed by atoms with Gasteiger partial charge in [-0.1, -0.05) is 65.8 Å². The Balaban J connectivity index is 1.58. The molecule has 156 valence electrons. The van der Waals surface area contributed by atoms with Gasteiger partial charge in [0.2, 0.25) is 0 Å². The van der Waals surface area contributed by atoms with Gasteiger partial charge in [0.25, 0.3) is 0 Å². The summed E-state index contributed by atoms with van der Waals surface area (Å²) >= 11 is 0. The van der Waals surface area contributed by atoms with E-state index in [2.05, 4.69) is 5.16 Å². The molecule has 1 N–H and O–H groups in total. The van der Waals surface area contributed by atoms with Crippen LogP contribution in [0.4, 0.5) is 0 Å². The maximum absolute atomic E-state index is 12.5. The molecule has 4 rings (SSSR count). The lowest BCUT2D eigenvalue weighted by Gasteiger charge is -2.28. The molecule has 1 aliphatic carbocycles. The molecular weight excluding hydrogens is 394 g/mol. The van der Waals surface area contributed by atoms with E-state index in [0.717, 1.165) is 11.1 Å². The third kappa shape index (κ3) is 4.19. The van der Waals surface area contributed by atoms with Crippen molar-refractivity contribution in [3.63, 3.8) is 0 Å². The van der Waals surface area contributed by atoms with Gasteiger partial charge >= 0.3 is 11.9 Å². The van der Waals surface area contributed by atoms with Gasteiger partial charge < -0.3 is 14.7 Å². The largest absolute Gasteiger partial charge is 0.461 e. The molecule has 0 bridgehead atoms. The SMILES string of the molecule is O=C(OCC1(COC(=O)c2ccccc2)Cc2ccccc2/C1=N\O)c1ccccc1. The molecule has 3 aromatic rings. The summed E-state index contributed by atoms with van der Waals surface area (Å²) in [5.41, 5.74) is 1.85. The Morgan fingerprint density at radius 2 is 1.26 bits per heavy atom. The Morgan fingerprint density at radius 1 is 0.774 bits per heavy atom. The van der Waals surface area contributed by atoms with E-state index in [1.54, 1.807) is 48.5 Å². The van der Waals surface area contributed by atoms with Gasteiger partial charge in [0.15, 0.2) is 0 Å². The lowest BCUT2D eigenvalue weighted by molar-refractivity contribution is 0.0149. The van der Waals surface area contributed by atoms with Crippen molar-refractivity contribution >= 4 is 17.7 Å². The maximum atomic E-state index is 12.5. The van der Waals surface area contributed by atoms with Crippen LogP contribution in [0.25, 0.3) is 0 Å². The molecule has 31 heavy (non-hydrogen) atoms. The minimum atomic E-state index is -0.993. The van der Waals surface area contributed by atoms with E-state index in [1.165, 1.54) is 0 Å². The van der Waals surface area contributed by atoms with Crippen LogP contribution < -0.4 is 0 Å². The normalized spacial score (nSPS) is 15.3. The standard InChI is InChI=1S/C25H21NO5/c27-23(18-9-3-1-4-10-18)30-16-25(17-31-24(28)19-11-5-2-6-12-19)15-20-13-7-8-14-21(20)22(25)26-29/h1-14,29H,15-17H2/b26-22+. The third-order valence-electron chi connectivity index (χ3n) is 5.38. The Morgan fingerprint density at radius 3 is 1.77 bits per heavy atom. The highest BCUT2D eigenvalue weighted by Gasteiger charge is 2.46. The molecule has 0 aliphatic heterocycles. The number of hydrogen-bond donors (Lipinski definition) is 1. The monoisotopic (exact) mass is 415 g/mol. The molecule has 6 nitrogen and oxygen atoms in total. The van der Waals surface area contributed by atoms with Crippen molar-refractivity contribution in [2.75, 3.05) is 13.2 Å². The van der Waals surface area contributed by atoms with Crippen LogP contribution in [0.15, 0.2) is 90.1 Å². The molecule has 0 spiro atoms. The number of benzene rings is 3. The number of fused-ring (bicyclic) bond motifs is 1. The average molecular weight is 415 g/mol. The average Bonchev–Trinajstić information content (AvgIpc) is 3.15. The highest BCUT2D eigenvalue weighted by molar-refractivity contribution is 6.09. The van der Waals surface area contributed by atoms with Crippen LogP contribution in [0.2, 0.25) is 0 Å². The first-order chi connectivity index (χ1) is 15.1. The van der Waals surface area contributed by atoms with Gasteiger partial charge in [-0.25, -0.2) is 9.59 Å². The molecule has 1 aliphatic rings. The van der Waals surface area contributed by atoms with Crippen LogP contribution in [-0.2, 0) is 15.9 Å². The molecule has 3 aromatic carbocycles. The van der Waals surface area contributed by atoms with Crippen molar-refractivity contribution < 1.29 is 24.3 Å². The van der Waals surface area contributed by atoms with Gasteiger partial charge in [-0.3, -0.25) is 0 Å². The minimum Gasteiger partial charge on any atom is -0.461 e. The molecule has 0 radical (unpaired) electrons. The first kappa shape index (κ1) is 20.3. The Bertz CT molecular complexity index is 1050. The summed E-state index contributed by atoms with van der Waals surface area (Å²) in [7, 11) is 0. The summed E-state index contributed by atoms with van der Waals surface area (Å²) in [6, 6.07) is 24.7. The fraction of sp³-hybridized carbons (Fsp3) is 0.160. The lowest BCUT2D eigenvalue weighted by atomic mass is 9.84. The van der Waals surface area contributed by atoms with Crippen molar-refractivity contribution in [1.82, 2.24) is 0 Å². The summed E-state index contributed by atoms with van der Waals surface area (Å²) in [5.74, 6) is -0.995. The van der Waals surface area contributed by atoms with Crippen LogP contribution in [0.1, 0.15) is 31.8 Å². The van der Waals surface area contributed by atoms with Crippen LogP contribution in [0.3, 0.4) is 0 Å². The van der Waals surface area contributed by atoms with Gasteiger partial charge in [0, 0.05) is 5.56 Å². The van der Waals surface area contributed by atoms with Gasteiger partial charge in [0.05, 0.1) is 16.5 Å². The van der Waals surface area contributed by atoms with Crippen LogP contribution in [0, 0.1) is 5.41 Å². The van der Waals surface area contributed by atoms with Gasteiger partial charge in [-0.2, -0.15) is 0 Å². The molecular formula is C25H21NO5. The molecule has 0 fully saturated rings. The first-order valence-electron chi connectivity index (χ1n) is 9.88. The van der Waals surface area contributed by atoms with E-state index in [1.807, 2.05) is 36.4 Å². The predicted octanol–water partition coefficient (Wildman–Crippen LogP) is 4.12. The van der Waals surface area contributed by atoms with Crippen molar-refractivity contribution in [3.8, 4) is 0 Å². The van der Waals surface area contributed by atoms with E-state index >= 15 is 0 Å². The third-order valence-corrected chi connectivity index (χ3v) is 5.38. The predicted molar refractivity (Wildman–Crippen MR) is 114 cm³/mol. The van der Waals surface area contributed by atoms with E-state index in [-0.39, 0.29) is 13.2 Å². The number of carbonyl (C=O) groups excluding carboxylic acids is 2. The molecule has 0 aromatic heterocycles. The zero-order valence-corrected chi connectivity index (χ0v) is 16.7. The second-order valence-corrected chi connectivity index (χ2v) is 7.45. The topological polar surface area (TPSA) is 85.2 Å². The van der Waals surface area contributed by atoms with E-state index < -0.39 is 17.4 Å². The summed E-state index contributed by atoms with van der Waals surface area (Å²) in [6.07, 6.45) is 0.409. The van der Waals surface area contributed by atoms with Gasteiger partial charge in [-0.05, 0) is 36.2 Å². The lowest BCUT2D eigenvalue weighted by Crippen LogP contribution is -2.40. The highest BCUT2D eigenvalue weighted by atomic mass is 16.5. The molecule has 0 saturated carbocycles. The van der Waals surface area contributed by atoms with Crippen LogP contribution >= 0.6 is 0 Å². The summed E-state index contributed by atoms with van der Waals surface area (Å²) in [5, 5.41) is 13.3. The Kier molecular flexibility index (Phi) is 5.80. The zero-order valence-electron chi connectivity index (χ0n) is 16.7. The molecule has 0 amide bonds. The molecule has 0 unspecified atom stereocenters. The second kappa shape index (κ2) is 8.83. The fourth-order valence-electron chi connectivity index (χ4n) is 3.80. The first-order valence-corrected chi connectivity index (χ1v) is 9.88. The van der Waals surface area contributed by atoms with Gasteiger partial charge in [0.1, 0.15) is 18.9 Å². The van der Waals surface area contributed by atoms with E-state index in [9.17, 15) is 14.8 Å². The molecule has 0 saturated heterocycles. The van der Waals surface area contributed by atoms with Crippen LogP contribution in [0.5, 0.6) is 0 Å². The quantitative estimate of drug-likeness (QED) is 0.372. The minimum absolute atomic E-state index is 0.100. The number of oxime groups is 1. The molecule has 0 heterocycles. The van der Waals surface area contributed by atoms with E-state index in [4.69, 9.17) is 9.47 Å². The number of esters is 2. The Hall–Kier alpha value is -3.93. The summed E-state index contributed by atoms with van der Waals surface area (Å²) in [4.78, 5) is 25.1. The number of rotatable bonds is 6. The summed E-state index contributed by atoms with van der Waals surface area (Å²) < 4.78 is 11.2. The van der Waals surface area contributed by atoms with Gasteiger partial charge in [-0.15, -0.1) is 0 Å². The van der Waals surface area contributed by atoms with Crippen molar-refractivity contribution in [2.45, 2.75) is 6.42 Å². The van der Waals surface area contributed by atoms with E-state index in [0.29, 0.717) is 23.3 Å². The van der Waals surface area contributed by atoms with Crippen LogP contribution in [-0.4, -0.2) is 36.1 Å². The van der Waals surface area contributed by atoms with Crippen molar-refractivity contribution in [3.05, 3.63) is 107 Å². The highest BCUT2D eigenvalue weighted by Crippen LogP contribution is 2.38. The second-order valence-electron chi connectivity index (χ2n) is 7.45. The molecule has 0 atom stereocenters. The molecule has 6 heteroatoms. The summed E-state index contributed by atoms with van der Waals surface area (Å²) in [6.45, 7) is -0.201. The Labute approximate surface area is 179 Å². The fourth-order valence-corrected chi connectivity index (χ4v) is 3.80. The maximum Gasteiger partial charge on any atom is 0.338 e. The number of ether oxygens (including phenoxy) is 2. The van der Waals surface area contributed by atoms with Crippen molar-refractivity contribution in [2.24, 2.45) is 10.6 Å². The van der Waals surface area contributed by atoms with Crippen molar-refractivity contribution in [1.29, 1.82) is 0 Å². The number of hydrogen-bond acceptors (Lipinski definition) is 6. The smallest absolute Gasteiger partial charge is 0.338 e.